The highest BCUT2D eigenvalue weighted by Gasteiger charge is 2.34. The first kappa shape index (κ1) is 16.2. The van der Waals surface area contributed by atoms with Gasteiger partial charge in [-0.25, -0.2) is 0 Å². The summed E-state index contributed by atoms with van der Waals surface area (Å²) in [6, 6.07) is 0. The molecule has 1 heterocycles. The molecule has 0 aromatic heterocycles. The van der Waals surface area contributed by atoms with Crippen molar-refractivity contribution >= 4 is 11.8 Å². The van der Waals surface area contributed by atoms with Crippen molar-refractivity contribution in [1.82, 2.24) is 10.2 Å². The third-order valence-electron chi connectivity index (χ3n) is 4.74. The summed E-state index contributed by atoms with van der Waals surface area (Å²) in [6.07, 6.45) is 3.53. The van der Waals surface area contributed by atoms with Crippen LogP contribution < -0.4 is 5.32 Å². The van der Waals surface area contributed by atoms with Crippen molar-refractivity contribution in [2.75, 3.05) is 40.0 Å². The lowest BCUT2D eigenvalue weighted by Crippen LogP contribution is -2.37. The molecule has 1 saturated carbocycles. The third kappa shape index (κ3) is 4.17. The Morgan fingerprint density at radius 1 is 1.43 bits per heavy atom. The quantitative estimate of drug-likeness (QED) is 0.694. The molecule has 1 aliphatic carbocycles. The monoisotopic (exact) mass is 298 g/mol. The van der Waals surface area contributed by atoms with Gasteiger partial charge in [-0.2, -0.15) is 0 Å². The van der Waals surface area contributed by atoms with Crippen LogP contribution in [0.1, 0.15) is 25.7 Å². The molecule has 120 valence electrons. The van der Waals surface area contributed by atoms with Crippen molar-refractivity contribution in [1.29, 1.82) is 0 Å². The summed E-state index contributed by atoms with van der Waals surface area (Å²) in [5.74, 6) is 0.436. The summed E-state index contributed by atoms with van der Waals surface area (Å²) in [5, 5.41) is 12.3. The summed E-state index contributed by atoms with van der Waals surface area (Å²) in [4.78, 5) is 25.7. The number of amides is 2. The second kappa shape index (κ2) is 7.75. The molecule has 0 radical (unpaired) electrons. The van der Waals surface area contributed by atoms with Crippen LogP contribution in [0.2, 0.25) is 0 Å². The number of ether oxygens (including phenoxy) is 1. The molecule has 2 fully saturated rings. The van der Waals surface area contributed by atoms with Crippen molar-refractivity contribution in [3.05, 3.63) is 0 Å². The highest BCUT2D eigenvalue weighted by Crippen LogP contribution is 2.30. The predicted molar refractivity (Wildman–Crippen MR) is 77.5 cm³/mol. The van der Waals surface area contributed by atoms with Gasteiger partial charge in [0.1, 0.15) is 0 Å². The largest absolute Gasteiger partial charge is 0.396 e. The highest BCUT2D eigenvalue weighted by molar-refractivity contribution is 5.89. The molecule has 2 N–H and O–H groups in total. The molecule has 0 spiro atoms. The Kier molecular flexibility index (Phi) is 5.99. The Balaban J connectivity index is 1.75. The first-order valence-corrected chi connectivity index (χ1v) is 7.81. The lowest BCUT2D eigenvalue weighted by atomic mass is 9.96. The molecule has 6 nitrogen and oxygen atoms in total. The summed E-state index contributed by atoms with van der Waals surface area (Å²) >= 11 is 0. The summed E-state index contributed by atoms with van der Waals surface area (Å²) in [6.45, 7) is 2.36. The molecule has 0 bridgehead atoms. The number of aliphatic hydroxyl groups is 1. The van der Waals surface area contributed by atoms with E-state index in [1.165, 1.54) is 0 Å². The first-order chi connectivity index (χ1) is 10.2. The van der Waals surface area contributed by atoms with Gasteiger partial charge in [-0.1, -0.05) is 6.42 Å². The molecule has 1 aliphatic heterocycles. The molecule has 6 heteroatoms. The molecule has 3 atom stereocenters. The van der Waals surface area contributed by atoms with Gasteiger partial charge in [0, 0.05) is 39.8 Å². The van der Waals surface area contributed by atoms with Crippen LogP contribution >= 0.6 is 0 Å². The minimum absolute atomic E-state index is 0.0290. The molecular weight excluding hydrogens is 272 g/mol. The number of rotatable bonds is 7. The molecule has 2 amide bonds. The van der Waals surface area contributed by atoms with E-state index >= 15 is 0 Å². The number of nitrogens with zero attached hydrogens (tertiary/aromatic N) is 1. The van der Waals surface area contributed by atoms with E-state index in [1.54, 1.807) is 12.0 Å². The molecule has 0 aromatic rings. The SMILES string of the molecule is COCCN1CC(C(=O)NCC2CCCC2CO)CC1=O. The highest BCUT2D eigenvalue weighted by atomic mass is 16.5. The number of hydrogen-bond donors (Lipinski definition) is 2. The maximum Gasteiger partial charge on any atom is 0.225 e. The topological polar surface area (TPSA) is 78.9 Å². The average molecular weight is 298 g/mol. The summed E-state index contributed by atoms with van der Waals surface area (Å²) in [5.41, 5.74) is 0. The van der Waals surface area contributed by atoms with Crippen molar-refractivity contribution in [3.8, 4) is 0 Å². The van der Waals surface area contributed by atoms with Crippen LogP contribution in [-0.2, 0) is 14.3 Å². The van der Waals surface area contributed by atoms with Gasteiger partial charge in [0.25, 0.3) is 0 Å². The molecule has 2 aliphatic rings. The van der Waals surface area contributed by atoms with Crippen LogP contribution in [0, 0.1) is 17.8 Å². The Morgan fingerprint density at radius 2 is 2.19 bits per heavy atom. The molecular formula is C15H26N2O4. The zero-order chi connectivity index (χ0) is 15.2. The Labute approximate surface area is 125 Å². The van der Waals surface area contributed by atoms with Crippen LogP contribution in [0.3, 0.4) is 0 Å². The minimum Gasteiger partial charge on any atom is -0.396 e. The number of likely N-dealkylation sites (tertiary alicyclic amines) is 1. The molecule has 2 rings (SSSR count). The van der Waals surface area contributed by atoms with Gasteiger partial charge in [0.15, 0.2) is 0 Å². The van der Waals surface area contributed by atoms with Gasteiger partial charge in [-0.05, 0) is 24.7 Å². The van der Waals surface area contributed by atoms with Gasteiger partial charge in [0.2, 0.25) is 11.8 Å². The number of carbonyl (C=O) groups is 2. The fourth-order valence-corrected chi connectivity index (χ4v) is 3.36. The second-order valence-corrected chi connectivity index (χ2v) is 6.11. The maximum absolute atomic E-state index is 12.2. The van der Waals surface area contributed by atoms with Crippen molar-refractivity contribution < 1.29 is 19.4 Å². The van der Waals surface area contributed by atoms with E-state index in [0.29, 0.717) is 44.5 Å². The number of aliphatic hydroxyl groups excluding tert-OH is 1. The molecule has 0 aromatic carbocycles. The van der Waals surface area contributed by atoms with Crippen LogP contribution in [0.25, 0.3) is 0 Å². The van der Waals surface area contributed by atoms with Crippen LogP contribution in [0.4, 0.5) is 0 Å². The van der Waals surface area contributed by atoms with Gasteiger partial charge in [0.05, 0.1) is 12.5 Å². The summed E-state index contributed by atoms with van der Waals surface area (Å²) < 4.78 is 4.97. The van der Waals surface area contributed by atoms with Crippen molar-refractivity contribution in [3.63, 3.8) is 0 Å². The Hall–Kier alpha value is -1.14. The lowest BCUT2D eigenvalue weighted by Gasteiger charge is -2.19. The van der Waals surface area contributed by atoms with Gasteiger partial charge < -0.3 is 20.1 Å². The van der Waals surface area contributed by atoms with Gasteiger partial charge in [-0.3, -0.25) is 9.59 Å². The zero-order valence-electron chi connectivity index (χ0n) is 12.7. The molecule has 3 unspecified atom stereocenters. The zero-order valence-corrected chi connectivity index (χ0v) is 12.7. The number of hydrogen-bond acceptors (Lipinski definition) is 4. The number of carbonyl (C=O) groups excluding carboxylic acids is 2. The Bertz CT molecular complexity index is 375. The smallest absolute Gasteiger partial charge is 0.225 e. The van der Waals surface area contributed by atoms with Crippen molar-refractivity contribution in [2.24, 2.45) is 17.8 Å². The standard InChI is InChI=1S/C15H26N2O4/c1-21-6-5-17-9-13(7-14(17)19)15(20)16-8-11-3-2-4-12(11)10-18/h11-13,18H,2-10H2,1H3,(H,16,20). The maximum atomic E-state index is 12.2. The number of nitrogens with one attached hydrogen (secondary N) is 1. The fraction of sp³-hybridized carbons (Fsp3) is 0.867. The predicted octanol–water partition coefficient (Wildman–Crippen LogP) is 0.00610. The third-order valence-corrected chi connectivity index (χ3v) is 4.74. The Morgan fingerprint density at radius 3 is 2.90 bits per heavy atom. The van der Waals surface area contributed by atoms with E-state index in [0.717, 1.165) is 19.3 Å². The molecule has 1 saturated heterocycles. The molecule has 21 heavy (non-hydrogen) atoms. The first-order valence-electron chi connectivity index (χ1n) is 7.81. The summed E-state index contributed by atoms with van der Waals surface area (Å²) in [7, 11) is 1.60. The van der Waals surface area contributed by atoms with E-state index in [9.17, 15) is 14.7 Å². The van der Waals surface area contributed by atoms with Crippen LogP contribution in [0.15, 0.2) is 0 Å². The number of methoxy groups -OCH3 is 1. The van der Waals surface area contributed by atoms with Crippen LogP contribution in [0.5, 0.6) is 0 Å². The average Bonchev–Trinajstić information content (AvgIpc) is 3.08. The van der Waals surface area contributed by atoms with E-state index in [4.69, 9.17) is 4.74 Å². The van der Waals surface area contributed by atoms with Gasteiger partial charge in [-0.15, -0.1) is 0 Å². The van der Waals surface area contributed by atoms with E-state index in [1.807, 2.05) is 0 Å². The fourth-order valence-electron chi connectivity index (χ4n) is 3.36. The normalized spacial score (nSPS) is 29.1. The second-order valence-electron chi connectivity index (χ2n) is 6.11. The lowest BCUT2D eigenvalue weighted by molar-refractivity contribution is -0.129. The van der Waals surface area contributed by atoms with Crippen molar-refractivity contribution in [2.45, 2.75) is 25.7 Å². The van der Waals surface area contributed by atoms with E-state index < -0.39 is 0 Å². The van der Waals surface area contributed by atoms with Crippen LogP contribution in [-0.4, -0.2) is 61.8 Å². The van der Waals surface area contributed by atoms with E-state index in [2.05, 4.69) is 5.32 Å². The van der Waals surface area contributed by atoms with Gasteiger partial charge >= 0.3 is 0 Å². The minimum atomic E-state index is -0.247. The van der Waals surface area contributed by atoms with E-state index in [-0.39, 0.29) is 24.3 Å².